The van der Waals surface area contributed by atoms with Crippen molar-refractivity contribution in [1.82, 2.24) is 4.90 Å². The van der Waals surface area contributed by atoms with Gasteiger partial charge in [0.2, 0.25) is 5.91 Å². The first-order chi connectivity index (χ1) is 14.3. The molecule has 3 aromatic rings. The number of carbonyl (C=O) groups excluding carboxylic acids is 1. The number of hydrogen-bond donors (Lipinski definition) is 1. The summed E-state index contributed by atoms with van der Waals surface area (Å²) in [7, 11) is 0. The van der Waals surface area contributed by atoms with Gasteiger partial charge in [-0.25, -0.2) is 9.59 Å². The highest BCUT2D eigenvalue weighted by molar-refractivity contribution is 5.99. The monoisotopic (exact) mass is 411 g/mol. The van der Waals surface area contributed by atoms with Gasteiger partial charge in [0.05, 0.1) is 6.26 Å². The number of aliphatic carboxylic acids is 1. The third-order valence-electron chi connectivity index (χ3n) is 6.23. The lowest BCUT2D eigenvalue weighted by Crippen LogP contribution is -2.48. The summed E-state index contributed by atoms with van der Waals surface area (Å²) in [5, 5.41) is 11.2. The van der Waals surface area contributed by atoms with Gasteiger partial charge in [-0.2, -0.15) is 0 Å². The molecule has 1 aromatic carbocycles. The molecule has 0 radical (unpaired) electrons. The van der Waals surface area contributed by atoms with Crippen molar-refractivity contribution in [2.24, 2.45) is 0 Å². The summed E-state index contributed by atoms with van der Waals surface area (Å²) in [5.74, 6) is -1.21. The molecule has 1 saturated heterocycles. The van der Waals surface area contributed by atoms with Gasteiger partial charge in [0.25, 0.3) is 0 Å². The third-order valence-corrected chi connectivity index (χ3v) is 6.23. The van der Waals surface area contributed by atoms with E-state index in [-0.39, 0.29) is 18.7 Å². The molecule has 0 aliphatic carbocycles. The number of benzene rings is 1. The van der Waals surface area contributed by atoms with E-state index in [4.69, 9.17) is 8.83 Å². The lowest BCUT2D eigenvalue weighted by Gasteiger charge is -2.33. The van der Waals surface area contributed by atoms with E-state index < -0.39 is 17.6 Å². The number of piperidine rings is 1. The second-order valence-corrected chi connectivity index (χ2v) is 8.10. The van der Waals surface area contributed by atoms with Crippen molar-refractivity contribution in [2.75, 3.05) is 6.54 Å². The molecule has 1 atom stereocenters. The molecule has 1 amide bonds. The lowest BCUT2D eigenvalue weighted by molar-refractivity contribution is -0.152. The van der Waals surface area contributed by atoms with E-state index in [0.717, 1.165) is 40.3 Å². The van der Waals surface area contributed by atoms with Gasteiger partial charge in [0, 0.05) is 34.9 Å². The van der Waals surface area contributed by atoms with Crippen LogP contribution in [0.4, 0.5) is 0 Å². The topological polar surface area (TPSA) is 101 Å². The summed E-state index contributed by atoms with van der Waals surface area (Å²) in [5.41, 5.74) is 3.75. The van der Waals surface area contributed by atoms with Crippen molar-refractivity contribution in [3.05, 3.63) is 45.0 Å². The number of fused-ring (bicyclic) bond motifs is 2. The maximum absolute atomic E-state index is 12.7. The van der Waals surface area contributed by atoms with E-state index >= 15 is 0 Å². The van der Waals surface area contributed by atoms with Gasteiger partial charge in [-0.3, -0.25) is 4.79 Å². The molecule has 4 rings (SSSR count). The number of carboxylic acids is 1. The Kier molecular flexibility index (Phi) is 5.13. The minimum absolute atomic E-state index is 0.0762. The van der Waals surface area contributed by atoms with E-state index in [2.05, 4.69) is 0 Å². The minimum Gasteiger partial charge on any atom is -0.480 e. The fourth-order valence-corrected chi connectivity index (χ4v) is 4.47. The van der Waals surface area contributed by atoms with Crippen LogP contribution in [-0.2, 0) is 16.0 Å². The minimum atomic E-state index is -0.973. The number of aryl methyl sites for hydroxylation is 3. The van der Waals surface area contributed by atoms with Crippen LogP contribution in [0.25, 0.3) is 21.9 Å². The molecular weight excluding hydrogens is 386 g/mol. The van der Waals surface area contributed by atoms with Crippen LogP contribution in [0, 0.1) is 20.8 Å². The second kappa shape index (κ2) is 7.63. The molecular formula is C23H25NO6. The Balaban J connectivity index is 1.67. The Hall–Kier alpha value is -3.09. The summed E-state index contributed by atoms with van der Waals surface area (Å²) in [6.45, 7) is 6.13. The van der Waals surface area contributed by atoms with Crippen molar-refractivity contribution >= 4 is 33.8 Å². The summed E-state index contributed by atoms with van der Waals surface area (Å²) in [4.78, 5) is 38.3. The van der Waals surface area contributed by atoms with Crippen molar-refractivity contribution in [3.63, 3.8) is 0 Å². The summed E-state index contributed by atoms with van der Waals surface area (Å²) >= 11 is 0. The van der Waals surface area contributed by atoms with Crippen LogP contribution in [0.15, 0.2) is 26.0 Å². The Morgan fingerprint density at radius 3 is 2.63 bits per heavy atom. The molecule has 1 unspecified atom stereocenters. The zero-order valence-corrected chi connectivity index (χ0v) is 17.4. The lowest BCUT2D eigenvalue weighted by atomic mass is 9.97. The first-order valence-electron chi connectivity index (χ1n) is 10.3. The molecule has 1 N–H and O–H groups in total. The van der Waals surface area contributed by atoms with Crippen molar-refractivity contribution in [2.45, 2.75) is 58.9 Å². The van der Waals surface area contributed by atoms with Crippen LogP contribution in [0.3, 0.4) is 0 Å². The van der Waals surface area contributed by atoms with Crippen LogP contribution in [0.5, 0.6) is 0 Å². The van der Waals surface area contributed by atoms with Crippen LogP contribution in [0.1, 0.15) is 47.9 Å². The van der Waals surface area contributed by atoms with E-state index in [1.54, 1.807) is 6.26 Å². The van der Waals surface area contributed by atoms with Gasteiger partial charge in [-0.15, -0.1) is 0 Å². The fourth-order valence-electron chi connectivity index (χ4n) is 4.47. The van der Waals surface area contributed by atoms with Crippen molar-refractivity contribution < 1.29 is 23.5 Å². The standard InChI is InChI=1S/C23H25NO6/c1-12-11-29-20-14(3)21-17(10-16(12)20)13(2)15(23(28)30-21)7-8-19(25)24-9-5-4-6-18(24)22(26)27/h10-11,18H,4-9H2,1-3H3,(H,26,27). The fraction of sp³-hybridized carbons (Fsp3) is 0.435. The molecule has 1 aliphatic heterocycles. The van der Waals surface area contributed by atoms with Gasteiger partial charge < -0.3 is 18.8 Å². The van der Waals surface area contributed by atoms with E-state index in [1.165, 1.54) is 4.90 Å². The number of nitrogens with zero attached hydrogens (tertiary/aromatic N) is 1. The Morgan fingerprint density at radius 2 is 1.90 bits per heavy atom. The first-order valence-corrected chi connectivity index (χ1v) is 10.3. The van der Waals surface area contributed by atoms with Gasteiger partial charge >= 0.3 is 11.6 Å². The van der Waals surface area contributed by atoms with E-state index in [1.807, 2.05) is 26.8 Å². The zero-order chi connectivity index (χ0) is 21.6. The number of carbonyl (C=O) groups is 2. The van der Waals surface area contributed by atoms with Gasteiger partial charge in [0.1, 0.15) is 17.2 Å². The van der Waals surface area contributed by atoms with Gasteiger partial charge in [-0.05, 0) is 63.6 Å². The SMILES string of the molecule is Cc1coc2c(C)c3oc(=O)c(CCC(=O)N4CCCCC4C(=O)O)c(C)c3cc12. The maximum atomic E-state index is 12.7. The molecule has 1 aliphatic rings. The molecule has 2 aromatic heterocycles. The largest absolute Gasteiger partial charge is 0.480 e. The molecule has 7 heteroatoms. The number of carboxylic acid groups (broad SMARTS) is 1. The number of furan rings is 1. The molecule has 158 valence electrons. The number of likely N-dealkylation sites (tertiary alicyclic amines) is 1. The number of hydrogen-bond acceptors (Lipinski definition) is 5. The molecule has 1 fully saturated rings. The molecule has 0 saturated carbocycles. The maximum Gasteiger partial charge on any atom is 0.339 e. The predicted octanol–water partition coefficient (Wildman–Crippen LogP) is 3.86. The normalized spacial score (nSPS) is 17.0. The van der Waals surface area contributed by atoms with Gasteiger partial charge in [-0.1, -0.05) is 0 Å². The summed E-state index contributed by atoms with van der Waals surface area (Å²) in [6, 6.07) is 1.19. The highest BCUT2D eigenvalue weighted by atomic mass is 16.4. The van der Waals surface area contributed by atoms with Crippen LogP contribution >= 0.6 is 0 Å². The van der Waals surface area contributed by atoms with Crippen LogP contribution < -0.4 is 5.63 Å². The van der Waals surface area contributed by atoms with E-state index in [0.29, 0.717) is 29.7 Å². The average molecular weight is 411 g/mol. The van der Waals surface area contributed by atoms with Gasteiger partial charge in [0.15, 0.2) is 0 Å². The summed E-state index contributed by atoms with van der Waals surface area (Å²) in [6.07, 6.45) is 4.04. The quantitative estimate of drug-likeness (QED) is 0.654. The van der Waals surface area contributed by atoms with Crippen molar-refractivity contribution in [3.8, 4) is 0 Å². The molecule has 3 heterocycles. The molecule has 30 heavy (non-hydrogen) atoms. The Morgan fingerprint density at radius 1 is 1.13 bits per heavy atom. The van der Waals surface area contributed by atoms with Crippen molar-refractivity contribution in [1.29, 1.82) is 0 Å². The second-order valence-electron chi connectivity index (χ2n) is 8.10. The molecule has 0 bridgehead atoms. The molecule has 0 spiro atoms. The Labute approximate surface area is 173 Å². The smallest absolute Gasteiger partial charge is 0.339 e. The predicted molar refractivity (Wildman–Crippen MR) is 112 cm³/mol. The first kappa shape index (κ1) is 20.2. The third kappa shape index (κ3) is 3.28. The highest BCUT2D eigenvalue weighted by Crippen LogP contribution is 2.32. The number of rotatable bonds is 4. The number of amides is 1. The Bertz CT molecular complexity index is 1220. The highest BCUT2D eigenvalue weighted by Gasteiger charge is 2.31. The summed E-state index contributed by atoms with van der Waals surface area (Å²) < 4.78 is 11.2. The van der Waals surface area contributed by atoms with Crippen LogP contribution in [0.2, 0.25) is 0 Å². The molecule has 7 nitrogen and oxygen atoms in total. The zero-order valence-electron chi connectivity index (χ0n) is 17.4. The van der Waals surface area contributed by atoms with Crippen LogP contribution in [-0.4, -0.2) is 34.5 Å². The van der Waals surface area contributed by atoms with E-state index in [9.17, 15) is 19.5 Å². The average Bonchev–Trinajstić information content (AvgIpc) is 3.09.